The number of nitrogens with two attached hydrogens (primary N) is 1. The number of halogens is 1. The van der Waals surface area contributed by atoms with Crippen molar-refractivity contribution in [1.29, 1.82) is 0 Å². The van der Waals surface area contributed by atoms with E-state index in [0.717, 1.165) is 30.9 Å². The van der Waals surface area contributed by atoms with Crippen LogP contribution in [-0.4, -0.2) is 20.3 Å². The third-order valence-electron chi connectivity index (χ3n) is 3.84. The molecule has 19 heavy (non-hydrogen) atoms. The molecule has 0 radical (unpaired) electrons. The van der Waals surface area contributed by atoms with E-state index in [2.05, 4.69) is 12.3 Å². The van der Waals surface area contributed by atoms with Gasteiger partial charge in [0.2, 0.25) is 0 Å². The summed E-state index contributed by atoms with van der Waals surface area (Å²) in [7, 11) is 1.66. The number of methoxy groups -OCH3 is 1. The van der Waals surface area contributed by atoms with E-state index in [9.17, 15) is 0 Å². The molecule has 1 aliphatic rings. The largest absolute Gasteiger partial charge is 0.496 e. The molecule has 1 fully saturated rings. The molecule has 1 heterocycles. The predicted molar refractivity (Wildman–Crippen MR) is 76.2 cm³/mol. The van der Waals surface area contributed by atoms with Gasteiger partial charge >= 0.3 is 0 Å². The lowest BCUT2D eigenvalue weighted by Crippen LogP contribution is -2.40. The van der Waals surface area contributed by atoms with Crippen LogP contribution in [0.1, 0.15) is 24.9 Å². The van der Waals surface area contributed by atoms with Crippen molar-refractivity contribution in [3.63, 3.8) is 0 Å². The predicted octanol–water partition coefficient (Wildman–Crippen LogP) is 2.53. The highest BCUT2D eigenvalue weighted by molar-refractivity contribution is 6.30. The maximum atomic E-state index is 6.10. The molecule has 0 saturated carbocycles. The third kappa shape index (κ3) is 3.20. The van der Waals surface area contributed by atoms with E-state index in [1.807, 2.05) is 18.2 Å². The second-order valence-corrected chi connectivity index (χ2v) is 5.47. The minimum Gasteiger partial charge on any atom is -0.496 e. The van der Waals surface area contributed by atoms with Gasteiger partial charge in [-0.3, -0.25) is 11.3 Å². The van der Waals surface area contributed by atoms with Crippen molar-refractivity contribution in [3.8, 4) is 5.75 Å². The zero-order valence-corrected chi connectivity index (χ0v) is 12.1. The lowest BCUT2D eigenvalue weighted by atomic mass is 9.80. The molecule has 0 spiro atoms. The highest BCUT2D eigenvalue weighted by Crippen LogP contribution is 2.38. The number of rotatable bonds is 4. The van der Waals surface area contributed by atoms with Crippen LogP contribution in [0, 0.1) is 11.8 Å². The van der Waals surface area contributed by atoms with Gasteiger partial charge in [0, 0.05) is 23.8 Å². The smallest absolute Gasteiger partial charge is 0.123 e. The van der Waals surface area contributed by atoms with Gasteiger partial charge in [-0.2, -0.15) is 0 Å². The Kier molecular flexibility index (Phi) is 5.05. The Morgan fingerprint density at radius 2 is 2.32 bits per heavy atom. The minimum atomic E-state index is 0.0209. The van der Waals surface area contributed by atoms with Crippen molar-refractivity contribution in [2.75, 3.05) is 20.3 Å². The Morgan fingerprint density at radius 1 is 1.53 bits per heavy atom. The topological polar surface area (TPSA) is 56.5 Å². The second-order valence-electron chi connectivity index (χ2n) is 5.04. The second kappa shape index (κ2) is 6.57. The number of nitrogens with one attached hydrogen (secondary N) is 1. The van der Waals surface area contributed by atoms with Crippen molar-refractivity contribution >= 4 is 11.6 Å². The Bertz CT molecular complexity index is 428. The van der Waals surface area contributed by atoms with Crippen LogP contribution in [0.4, 0.5) is 0 Å². The van der Waals surface area contributed by atoms with Gasteiger partial charge < -0.3 is 9.47 Å². The molecule has 1 saturated heterocycles. The van der Waals surface area contributed by atoms with Crippen LogP contribution in [0.3, 0.4) is 0 Å². The van der Waals surface area contributed by atoms with Gasteiger partial charge in [-0.25, -0.2) is 0 Å². The number of hydrazine groups is 1. The fourth-order valence-corrected chi connectivity index (χ4v) is 2.96. The number of hydrogen-bond donors (Lipinski definition) is 2. The van der Waals surface area contributed by atoms with Gasteiger partial charge in [0.15, 0.2) is 0 Å². The van der Waals surface area contributed by atoms with Crippen molar-refractivity contribution in [2.45, 2.75) is 19.4 Å². The number of benzene rings is 1. The van der Waals surface area contributed by atoms with E-state index < -0.39 is 0 Å². The van der Waals surface area contributed by atoms with E-state index in [0.29, 0.717) is 16.9 Å². The number of ether oxygens (including phenoxy) is 2. The summed E-state index contributed by atoms with van der Waals surface area (Å²) in [5.74, 6) is 7.44. The van der Waals surface area contributed by atoms with Gasteiger partial charge in [0.25, 0.3) is 0 Å². The molecule has 1 aromatic carbocycles. The van der Waals surface area contributed by atoms with E-state index in [1.54, 1.807) is 7.11 Å². The summed E-state index contributed by atoms with van der Waals surface area (Å²) in [4.78, 5) is 0. The highest BCUT2D eigenvalue weighted by atomic mass is 35.5. The van der Waals surface area contributed by atoms with Gasteiger partial charge in [-0.15, -0.1) is 0 Å². The minimum absolute atomic E-state index is 0.0209. The molecule has 1 aliphatic heterocycles. The van der Waals surface area contributed by atoms with Crippen LogP contribution in [-0.2, 0) is 4.74 Å². The molecule has 1 aromatic rings. The molecule has 0 aromatic heterocycles. The van der Waals surface area contributed by atoms with Crippen molar-refractivity contribution < 1.29 is 9.47 Å². The third-order valence-corrected chi connectivity index (χ3v) is 4.08. The summed E-state index contributed by atoms with van der Waals surface area (Å²) in [5.41, 5.74) is 3.94. The molecule has 0 amide bonds. The summed E-state index contributed by atoms with van der Waals surface area (Å²) in [6, 6.07) is 5.65. The van der Waals surface area contributed by atoms with Crippen molar-refractivity contribution in [3.05, 3.63) is 28.8 Å². The summed E-state index contributed by atoms with van der Waals surface area (Å²) >= 11 is 6.10. The lowest BCUT2D eigenvalue weighted by molar-refractivity contribution is 0.0103. The fraction of sp³-hybridized carbons (Fsp3) is 0.571. The normalized spacial score (nSPS) is 25.1. The highest BCUT2D eigenvalue weighted by Gasteiger charge is 2.31. The first kappa shape index (κ1) is 14.6. The molecular formula is C14H21ClN2O2. The molecule has 5 heteroatoms. The quantitative estimate of drug-likeness (QED) is 0.659. The average molecular weight is 285 g/mol. The monoisotopic (exact) mass is 284 g/mol. The molecule has 0 bridgehead atoms. The first-order valence-electron chi connectivity index (χ1n) is 6.54. The van der Waals surface area contributed by atoms with Crippen molar-refractivity contribution in [1.82, 2.24) is 5.43 Å². The fourth-order valence-electron chi connectivity index (χ4n) is 2.78. The Morgan fingerprint density at radius 3 is 2.95 bits per heavy atom. The van der Waals surface area contributed by atoms with Gasteiger partial charge in [-0.05, 0) is 36.5 Å². The van der Waals surface area contributed by atoms with E-state index in [1.165, 1.54) is 0 Å². The van der Waals surface area contributed by atoms with E-state index in [-0.39, 0.29) is 6.04 Å². The van der Waals surface area contributed by atoms with Crippen LogP contribution < -0.4 is 16.0 Å². The lowest BCUT2D eigenvalue weighted by Gasteiger charge is -2.35. The molecule has 3 N–H and O–H groups in total. The average Bonchev–Trinajstić information content (AvgIpc) is 2.42. The molecule has 3 atom stereocenters. The summed E-state index contributed by atoms with van der Waals surface area (Å²) in [6.07, 6.45) is 0.978. The van der Waals surface area contributed by atoms with Crippen LogP contribution in [0.2, 0.25) is 5.02 Å². The van der Waals surface area contributed by atoms with E-state index >= 15 is 0 Å². The Hall–Kier alpha value is -0.810. The molecule has 3 unspecified atom stereocenters. The van der Waals surface area contributed by atoms with Crippen LogP contribution in [0.5, 0.6) is 5.75 Å². The van der Waals surface area contributed by atoms with Crippen molar-refractivity contribution in [2.24, 2.45) is 17.7 Å². The zero-order chi connectivity index (χ0) is 13.8. The maximum absolute atomic E-state index is 6.10. The summed E-state index contributed by atoms with van der Waals surface area (Å²) in [5, 5.41) is 0.691. The van der Waals surface area contributed by atoms with Gasteiger partial charge in [-0.1, -0.05) is 18.5 Å². The van der Waals surface area contributed by atoms with Gasteiger partial charge in [0.1, 0.15) is 5.75 Å². The molecule has 2 rings (SSSR count). The first-order chi connectivity index (χ1) is 9.17. The summed E-state index contributed by atoms with van der Waals surface area (Å²) in [6.45, 7) is 3.73. The van der Waals surface area contributed by atoms with Crippen LogP contribution in [0.25, 0.3) is 0 Å². The molecule has 4 nitrogen and oxygen atoms in total. The number of hydrogen-bond acceptors (Lipinski definition) is 4. The SMILES string of the molecule is COc1ccc(Cl)cc1C(NN)C1CCOCC1C. The molecular weight excluding hydrogens is 264 g/mol. The standard InChI is InChI=1S/C14H21ClN2O2/c1-9-8-19-6-5-11(9)14(17-16)12-7-10(15)3-4-13(12)18-2/h3-4,7,9,11,14,17H,5-6,8,16H2,1-2H3. The Balaban J connectivity index is 2.32. The summed E-state index contributed by atoms with van der Waals surface area (Å²) < 4.78 is 10.9. The Labute approximate surface area is 119 Å². The van der Waals surface area contributed by atoms with Crippen LogP contribution >= 0.6 is 11.6 Å². The van der Waals surface area contributed by atoms with Crippen LogP contribution in [0.15, 0.2) is 18.2 Å². The molecule has 0 aliphatic carbocycles. The first-order valence-corrected chi connectivity index (χ1v) is 6.92. The maximum Gasteiger partial charge on any atom is 0.123 e. The zero-order valence-electron chi connectivity index (χ0n) is 11.4. The molecule has 106 valence electrons. The van der Waals surface area contributed by atoms with Gasteiger partial charge in [0.05, 0.1) is 13.2 Å². The van der Waals surface area contributed by atoms with E-state index in [4.69, 9.17) is 26.9 Å².